The average Bonchev–Trinajstić information content (AvgIpc) is 2.10. The maximum atomic E-state index is 13.1. The molecule has 0 saturated carbocycles. The highest BCUT2D eigenvalue weighted by molar-refractivity contribution is 6.36. The smallest absolute Gasteiger partial charge is 0.142 e. The molecule has 0 aliphatic heterocycles. The minimum atomic E-state index is -3.09. The second kappa shape index (κ2) is 3.60. The Labute approximate surface area is 85.3 Å². The Morgan fingerprint density at radius 1 is 1.67 bits per heavy atom. The SMILES string of the molecule is [2H]C([2H])([2H])[C@]([2H])(O)c1c(Cl)ccc(F)c1Cl. The molecule has 0 saturated heterocycles. The van der Waals surface area contributed by atoms with Gasteiger partial charge in [0.15, 0.2) is 0 Å². The highest BCUT2D eigenvalue weighted by atomic mass is 35.5. The molecule has 1 aromatic carbocycles. The van der Waals surface area contributed by atoms with Gasteiger partial charge in [0.05, 0.1) is 12.5 Å². The van der Waals surface area contributed by atoms with Crippen LogP contribution in [0.5, 0.6) is 0 Å². The fourth-order valence-corrected chi connectivity index (χ4v) is 1.29. The number of halogens is 3. The summed E-state index contributed by atoms with van der Waals surface area (Å²) in [5.41, 5.74) is -0.657. The van der Waals surface area contributed by atoms with E-state index in [2.05, 4.69) is 0 Å². The van der Waals surface area contributed by atoms with Crippen LogP contribution in [0, 0.1) is 5.82 Å². The van der Waals surface area contributed by atoms with Crippen molar-refractivity contribution in [3.05, 3.63) is 33.6 Å². The van der Waals surface area contributed by atoms with Crippen molar-refractivity contribution in [1.29, 1.82) is 0 Å². The predicted octanol–water partition coefficient (Wildman–Crippen LogP) is 3.19. The fourth-order valence-electron chi connectivity index (χ4n) is 0.744. The van der Waals surface area contributed by atoms with Crippen molar-refractivity contribution in [2.24, 2.45) is 0 Å². The van der Waals surface area contributed by atoms with Gasteiger partial charge in [-0.15, -0.1) is 0 Å². The van der Waals surface area contributed by atoms with E-state index in [1.54, 1.807) is 0 Å². The molecular formula is C8H7Cl2FO. The maximum absolute atomic E-state index is 13.1. The Hall–Kier alpha value is -0.310. The molecule has 1 nitrogen and oxygen atoms in total. The Balaban J connectivity index is 3.50. The third kappa shape index (κ3) is 1.71. The van der Waals surface area contributed by atoms with E-state index in [-0.39, 0.29) is 5.02 Å². The molecular weight excluding hydrogens is 202 g/mol. The lowest BCUT2D eigenvalue weighted by atomic mass is 10.1. The summed E-state index contributed by atoms with van der Waals surface area (Å²) in [4.78, 5) is 0. The van der Waals surface area contributed by atoms with Gasteiger partial charge in [-0.3, -0.25) is 0 Å². The molecule has 0 amide bonds. The number of hydrogen-bond acceptors (Lipinski definition) is 1. The fraction of sp³-hybridized carbons (Fsp3) is 0.250. The normalized spacial score (nSPS) is 21.7. The molecule has 1 rings (SSSR count). The maximum Gasteiger partial charge on any atom is 0.142 e. The first kappa shape index (κ1) is 5.43. The lowest BCUT2D eigenvalue weighted by Gasteiger charge is -2.09. The highest BCUT2D eigenvalue weighted by Gasteiger charge is 2.14. The van der Waals surface area contributed by atoms with Crippen LogP contribution >= 0.6 is 23.2 Å². The topological polar surface area (TPSA) is 20.2 Å². The van der Waals surface area contributed by atoms with Crippen molar-refractivity contribution in [3.8, 4) is 0 Å². The van der Waals surface area contributed by atoms with Gasteiger partial charge in [-0.25, -0.2) is 4.39 Å². The van der Waals surface area contributed by atoms with Crippen LogP contribution < -0.4 is 0 Å². The molecule has 1 N–H and O–H groups in total. The predicted molar refractivity (Wildman–Crippen MR) is 47.1 cm³/mol. The van der Waals surface area contributed by atoms with Gasteiger partial charge in [-0.05, 0) is 19.0 Å². The molecule has 0 heterocycles. The first-order chi connectivity index (χ1) is 7.09. The monoisotopic (exact) mass is 212 g/mol. The van der Waals surface area contributed by atoms with E-state index >= 15 is 0 Å². The van der Waals surface area contributed by atoms with Crippen molar-refractivity contribution in [2.45, 2.75) is 12.9 Å². The van der Waals surface area contributed by atoms with Gasteiger partial charge in [0.2, 0.25) is 0 Å². The van der Waals surface area contributed by atoms with Crippen LogP contribution in [-0.2, 0) is 0 Å². The first-order valence-corrected chi connectivity index (χ1v) is 3.71. The number of hydrogen-bond donors (Lipinski definition) is 1. The first-order valence-electron chi connectivity index (χ1n) is 4.95. The minimum absolute atomic E-state index is 0.278. The van der Waals surface area contributed by atoms with Gasteiger partial charge in [0.1, 0.15) is 5.82 Å². The molecule has 0 radical (unpaired) electrons. The van der Waals surface area contributed by atoms with Gasteiger partial charge < -0.3 is 5.11 Å². The summed E-state index contributed by atoms with van der Waals surface area (Å²) in [7, 11) is 0. The van der Waals surface area contributed by atoms with Gasteiger partial charge in [0, 0.05) is 14.7 Å². The second-order valence-electron chi connectivity index (χ2n) is 2.07. The molecule has 66 valence electrons. The van der Waals surface area contributed by atoms with Crippen LogP contribution in [0.15, 0.2) is 12.1 Å². The van der Waals surface area contributed by atoms with Crippen LogP contribution in [0.1, 0.15) is 24.0 Å². The molecule has 0 aliphatic carbocycles. The molecule has 0 unspecified atom stereocenters. The molecule has 0 aromatic heterocycles. The summed E-state index contributed by atoms with van der Waals surface area (Å²) in [6, 6.07) is 1.95. The Kier molecular flexibility index (Phi) is 1.63. The van der Waals surface area contributed by atoms with E-state index in [0.29, 0.717) is 0 Å². The zero-order chi connectivity index (χ0) is 12.7. The number of rotatable bonds is 1. The summed E-state index contributed by atoms with van der Waals surface area (Å²) < 4.78 is 41.4. The molecule has 0 bridgehead atoms. The van der Waals surface area contributed by atoms with Crippen LogP contribution in [0.2, 0.25) is 10.0 Å². The van der Waals surface area contributed by atoms with Crippen molar-refractivity contribution in [1.82, 2.24) is 0 Å². The summed E-state index contributed by atoms with van der Waals surface area (Å²) in [6.07, 6.45) is -3.05. The molecule has 1 aromatic rings. The summed E-state index contributed by atoms with van der Waals surface area (Å²) >= 11 is 11.1. The lowest BCUT2D eigenvalue weighted by Crippen LogP contribution is -1.95. The van der Waals surface area contributed by atoms with E-state index in [0.717, 1.165) is 12.1 Å². The Morgan fingerprint density at radius 3 is 2.92 bits per heavy atom. The zero-order valence-electron chi connectivity index (χ0n) is 9.74. The average molecular weight is 213 g/mol. The van der Waals surface area contributed by atoms with Gasteiger partial charge in [0.25, 0.3) is 0 Å². The van der Waals surface area contributed by atoms with E-state index in [1.807, 2.05) is 0 Å². The van der Waals surface area contributed by atoms with Crippen LogP contribution in [0.3, 0.4) is 0 Å². The summed E-state index contributed by atoms with van der Waals surface area (Å²) in [5.74, 6) is -0.948. The zero-order valence-corrected chi connectivity index (χ0v) is 7.25. The Bertz CT molecular complexity index is 419. The van der Waals surface area contributed by atoms with Crippen molar-refractivity contribution in [2.75, 3.05) is 0 Å². The van der Waals surface area contributed by atoms with Crippen molar-refractivity contribution >= 4 is 23.2 Å². The third-order valence-electron chi connectivity index (χ3n) is 1.28. The Morgan fingerprint density at radius 2 is 2.33 bits per heavy atom. The molecule has 4 heteroatoms. The van der Waals surface area contributed by atoms with E-state index in [9.17, 15) is 9.50 Å². The summed E-state index contributed by atoms with van der Waals surface area (Å²) in [5, 5.41) is 8.63. The highest BCUT2D eigenvalue weighted by Crippen LogP contribution is 2.31. The second-order valence-corrected chi connectivity index (χ2v) is 2.85. The van der Waals surface area contributed by atoms with Gasteiger partial charge in [-0.1, -0.05) is 23.2 Å². The van der Waals surface area contributed by atoms with Crippen LogP contribution in [-0.4, -0.2) is 5.11 Å². The van der Waals surface area contributed by atoms with Gasteiger partial charge >= 0.3 is 0 Å². The molecule has 0 fully saturated rings. The van der Waals surface area contributed by atoms with Crippen LogP contribution in [0.25, 0.3) is 0 Å². The molecule has 12 heavy (non-hydrogen) atoms. The van der Waals surface area contributed by atoms with E-state index < -0.39 is 29.3 Å². The van der Waals surface area contributed by atoms with Crippen LogP contribution in [0.4, 0.5) is 4.39 Å². The molecule has 0 aliphatic rings. The van der Waals surface area contributed by atoms with E-state index in [1.165, 1.54) is 0 Å². The quantitative estimate of drug-likeness (QED) is 0.710. The third-order valence-corrected chi connectivity index (χ3v) is 1.97. The number of aliphatic hydroxyl groups is 1. The minimum Gasteiger partial charge on any atom is -0.389 e. The summed E-state index contributed by atoms with van der Waals surface area (Å²) in [6.45, 7) is -3.09. The molecule has 0 spiro atoms. The van der Waals surface area contributed by atoms with Crippen molar-refractivity contribution < 1.29 is 15.0 Å². The van der Waals surface area contributed by atoms with E-state index in [4.69, 9.17) is 28.7 Å². The van der Waals surface area contributed by atoms with Crippen molar-refractivity contribution in [3.63, 3.8) is 0 Å². The number of benzene rings is 1. The van der Waals surface area contributed by atoms with Gasteiger partial charge in [-0.2, -0.15) is 0 Å². The largest absolute Gasteiger partial charge is 0.389 e. The lowest BCUT2D eigenvalue weighted by molar-refractivity contribution is 0.199. The molecule has 1 atom stereocenters. The standard InChI is InChI=1S/C8H7Cl2FO/c1-4(12)7-5(9)2-3-6(11)8(7)10/h2-4,12H,1H3/t4-/m0/s1/i1D3,4D.